The molecule has 0 saturated carbocycles. The van der Waals surface area contributed by atoms with Crippen LogP contribution in [0.4, 0.5) is 0 Å². The first kappa shape index (κ1) is 14.5. The number of nitriles is 1. The highest BCUT2D eigenvalue weighted by atomic mass is 15.3. The quantitative estimate of drug-likeness (QED) is 0.702. The van der Waals surface area contributed by atoms with Crippen LogP contribution in [-0.2, 0) is 0 Å². The minimum atomic E-state index is 0.158. The molecule has 0 aliphatic carbocycles. The van der Waals surface area contributed by atoms with Gasteiger partial charge >= 0.3 is 0 Å². The molecule has 1 saturated heterocycles. The molecular formula is C14H27N3. The van der Waals surface area contributed by atoms with E-state index >= 15 is 0 Å². The number of nitrogens with zero attached hydrogens (tertiary/aromatic N) is 3. The maximum Gasteiger partial charge on any atom is 0.0638 e. The zero-order valence-electron chi connectivity index (χ0n) is 12.2. The van der Waals surface area contributed by atoms with E-state index in [2.05, 4.69) is 57.4 Å². The number of hydrogen-bond acceptors (Lipinski definition) is 3. The van der Waals surface area contributed by atoms with Gasteiger partial charge in [0.15, 0.2) is 0 Å². The second kappa shape index (κ2) is 4.96. The van der Waals surface area contributed by atoms with Gasteiger partial charge in [-0.05, 0) is 41.5 Å². The molecule has 0 bridgehead atoms. The van der Waals surface area contributed by atoms with E-state index in [0.717, 1.165) is 19.6 Å². The van der Waals surface area contributed by atoms with Gasteiger partial charge in [-0.1, -0.05) is 0 Å². The van der Waals surface area contributed by atoms with E-state index in [1.807, 2.05) is 0 Å². The second-order valence-corrected chi connectivity index (χ2v) is 7.00. The summed E-state index contributed by atoms with van der Waals surface area (Å²) in [6.07, 6.45) is 0.629. The Balaban J connectivity index is 2.79. The lowest BCUT2D eigenvalue weighted by Gasteiger charge is -2.50. The highest BCUT2D eigenvalue weighted by Crippen LogP contribution is 2.26. The van der Waals surface area contributed by atoms with Crippen molar-refractivity contribution in [2.45, 2.75) is 65.1 Å². The van der Waals surface area contributed by atoms with Crippen LogP contribution in [0.1, 0.15) is 48.0 Å². The van der Waals surface area contributed by atoms with Crippen LogP contribution >= 0.6 is 0 Å². The third kappa shape index (κ3) is 3.69. The Hall–Kier alpha value is -0.590. The average molecular weight is 237 g/mol. The van der Waals surface area contributed by atoms with Crippen LogP contribution < -0.4 is 0 Å². The summed E-state index contributed by atoms with van der Waals surface area (Å²) >= 11 is 0. The molecule has 0 aromatic rings. The molecule has 98 valence electrons. The number of rotatable bonds is 1. The van der Waals surface area contributed by atoms with Crippen molar-refractivity contribution in [2.75, 3.05) is 19.6 Å². The van der Waals surface area contributed by atoms with E-state index in [1.165, 1.54) is 0 Å². The maximum absolute atomic E-state index is 9.00. The number of piperazine rings is 1. The van der Waals surface area contributed by atoms with Gasteiger partial charge in [-0.25, -0.2) is 0 Å². The lowest BCUT2D eigenvalue weighted by molar-refractivity contribution is -0.0202. The minimum absolute atomic E-state index is 0.158. The third-order valence-corrected chi connectivity index (χ3v) is 3.62. The van der Waals surface area contributed by atoms with Gasteiger partial charge in [0.25, 0.3) is 0 Å². The molecule has 0 aromatic carbocycles. The van der Waals surface area contributed by atoms with Crippen LogP contribution in [0, 0.1) is 11.3 Å². The van der Waals surface area contributed by atoms with Crippen molar-refractivity contribution < 1.29 is 0 Å². The van der Waals surface area contributed by atoms with E-state index in [9.17, 15) is 0 Å². The summed E-state index contributed by atoms with van der Waals surface area (Å²) in [6, 6.07) is 2.71. The van der Waals surface area contributed by atoms with Gasteiger partial charge in [-0.15, -0.1) is 0 Å². The molecule has 0 spiro atoms. The van der Waals surface area contributed by atoms with Crippen molar-refractivity contribution >= 4 is 0 Å². The van der Waals surface area contributed by atoms with Gasteiger partial charge in [0.1, 0.15) is 0 Å². The van der Waals surface area contributed by atoms with Gasteiger partial charge in [-0.3, -0.25) is 9.80 Å². The normalized spacial score (nSPS) is 24.6. The molecule has 3 heteroatoms. The summed E-state index contributed by atoms with van der Waals surface area (Å²) in [5.74, 6) is 0. The molecule has 17 heavy (non-hydrogen) atoms. The Morgan fingerprint density at radius 3 is 2.06 bits per heavy atom. The van der Waals surface area contributed by atoms with E-state index < -0.39 is 0 Å². The monoisotopic (exact) mass is 237 g/mol. The van der Waals surface area contributed by atoms with Gasteiger partial charge in [0.2, 0.25) is 0 Å². The largest absolute Gasteiger partial charge is 0.296 e. The van der Waals surface area contributed by atoms with Crippen molar-refractivity contribution in [3.05, 3.63) is 0 Å². The molecule has 1 aliphatic rings. The van der Waals surface area contributed by atoms with Crippen LogP contribution in [-0.4, -0.2) is 46.6 Å². The summed E-state index contributed by atoms with van der Waals surface area (Å²) < 4.78 is 0. The van der Waals surface area contributed by atoms with Crippen LogP contribution in [0.5, 0.6) is 0 Å². The zero-order chi connectivity index (χ0) is 13.3. The SMILES string of the molecule is CC(C)(C)N1CCN(C(C)(C)C)[C@@H](CC#N)C1. The van der Waals surface area contributed by atoms with E-state index in [1.54, 1.807) is 0 Å². The Morgan fingerprint density at radius 2 is 1.65 bits per heavy atom. The second-order valence-electron chi connectivity index (χ2n) is 7.00. The Morgan fingerprint density at radius 1 is 1.06 bits per heavy atom. The Labute approximate surface area is 106 Å². The summed E-state index contributed by atoms with van der Waals surface area (Å²) in [6.45, 7) is 16.7. The van der Waals surface area contributed by atoms with E-state index in [4.69, 9.17) is 5.26 Å². The zero-order valence-corrected chi connectivity index (χ0v) is 12.2. The van der Waals surface area contributed by atoms with Crippen LogP contribution in [0.15, 0.2) is 0 Å². The number of hydrogen-bond donors (Lipinski definition) is 0. The molecule has 0 radical (unpaired) electrons. The minimum Gasteiger partial charge on any atom is -0.296 e. The van der Waals surface area contributed by atoms with Crippen LogP contribution in [0.2, 0.25) is 0 Å². The maximum atomic E-state index is 9.00. The summed E-state index contributed by atoms with van der Waals surface area (Å²) in [7, 11) is 0. The van der Waals surface area contributed by atoms with Crippen molar-refractivity contribution in [3.63, 3.8) is 0 Å². The highest BCUT2D eigenvalue weighted by molar-refractivity contribution is 4.96. The summed E-state index contributed by atoms with van der Waals surface area (Å²) in [4.78, 5) is 4.98. The molecule has 1 atom stereocenters. The fraction of sp³-hybridized carbons (Fsp3) is 0.929. The van der Waals surface area contributed by atoms with Crippen molar-refractivity contribution in [3.8, 4) is 6.07 Å². The average Bonchev–Trinajstić information content (AvgIpc) is 2.15. The molecule has 1 fully saturated rings. The predicted octanol–water partition coefficient (Wildman–Crippen LogP) is 2.48. The summed E-state index contributed by atoms with van der Waals surface area (Å²) in [5, 5.41) is 9.00. The third-order valence-electron chi connectivity index (χ3n) is 3.62. The van der Waals surface area contributed by atoms with Crippen molar-refractivity contribution in [1.82, 2.24) is 9.80 Å². The van der Waals surface area contributed by atoms with E-state index in [0.29, 0.717) is 12.5 Å². The first-order valence-corrected chi connectivity index (χ1v) is 6.55. The van der Waals surface area contributed by atoms with Crippen LogP contribution in [0.3, 0.4) is 0 Å². The fourth-order valence-corrected chi connectivity index (χ4v) is 2.63. The lowest BCUT2D eigenvalue weighted by atomic mass is 9.95. The fourth-order valence-electron chi connectivity index (χ4n) is 2.63. The van der Waals surface area contributed by atoms with E-state index in [-0.39, 0.29) is 11.1 Å². The van der Waals surface area contributed by atoms with Crippen molar-refractivity contribution in [2.24, 2.45) is 0 Å². The van der Waals surface area contributed by atoms with Gasteiger partial charge < -0.3 is 0 Å². The first-order valence-electron chi connectivity index (χ1n) is 6.55. The Kier molecular flexibility index (Phi) is 4.22. The van der Waals surface area contributed by atoms with Gasteiger partial charge in [-0.2, -0.15) is 5.26 Å². The first-order chi connectivity index (χ1) is 7.66. The standard InChI is InChI=1S/C14H27N3/c1-13(2,3)16-9-10-17(14(4,5)6)12(11-16)7-8-15/h12H,7,9-11H2,1-6H3/t12-/m0/s1. The van der Waals surface area contributed by atoms with Gasteiger partial charge in [0.05, 0.1) is 12.5 Å². The predicted molar refractivity (Wildman–Crippen MR) is 71.8 cm³/mol. The molecule has 1 heterocycles. The molecule has 1 rings (SSSR count). The highest BCUT2D eigenvalue weighted by Gasteiger charge is 2.36. The summed E-state index contributed by atoms with van der Waals surface area (Å²) in [5.41, 5.74) is 0.364. The molecule has 1 aliphatic heterocycles. The molecule has 0 N–H and O–H groups in total. The van der Waals surface area contributed by atoms with Gasteiger partial charge in [0, 0.05) is 36.8 Å². The van der Waals surface area contributed by atoms with Crippen molar-refractivity contribution in [1.29, 1.82) is 5.26 Å². The molecule has 3 nitrogen and oxygen atoms in total. The topological polar surface area (TPSA) is 30.3 Å². The molecular weight excluding hydrogens is 210 g/mol. The smallest absolute Gasteiger partial charge is 0.0638 e. The molecule has 0 unspecified atom stereocenters. The molecule has 0 aromatic heterocycles. The molecule has 0 amide bonds. The lowest BCUT2D eigenvalue weighted by Crippen LogP contribution is -2.62. The Bertz CT molecular complexity index is 290. The van der Waals surface area contributed by atoms with Crippen LogP contribution in [0.25, 0.3) is 0 Å².